The molecule has 0 fully saturated rings. The Morgan fingerprint density at radius 2 is 1.55 bits per heavy atom. The molecule has 0 aliphatic rings. The molecule has 180 valence electrons. The van der Waals surface area contributed by atoms with E-state index in [1.54, 1.807) is 0 Å². The molecule has 2 aromatic rings. The van der Waals surface area contributed by atoms with Crippen molar-refractivity contribution in [2.24, 2.45) is 0 Å². The number of esters is 1. The van der Waals surface area contributed by atoms with E-state index in [0.717, 1.165) is 5.56 Å². The van der Waals surface area contributed by atoms with E-state index in [1.807, 2.05) is 60.7 Å². The van der Waals surface area contributed by atoms with Crippen molar-refractivity contribution in [3.05, 3.63) is 71.8 Å². The van der Waals surface area contributed by atoms with Gasteiger partial charge in [0.05, 0.1) is 19.1 Å². The van der Waals surface area contributed by atoms with Crippen LogP contribution >= 0.6 is 0 Å². The predicted octanol–water partition coefficient (Wildman–Crippen LogP) is 5.74. The maximum absolute atomic E-state index is 12.9. The Kier molecular flexibility index (Phi) is 9.82. The van der Waals surface area contributed by atoms with E-state index >= 15 is 0 Å². The number of aliphatic carboxylic acids is 1. The summed E-state index contributed by atoms with van der Waals surface area (Å²) in [6, 6.07) is 18.6. The van der Waals surface area contributed by atoms with Crippen LogP contribution in [0.15, 0.2) is 60.7 Å². The van der Waals surface area contributed by atoms with Gasteiger partial charge in [-0.05, 0) is 35.7 Å². The Hall–Kier alpha value is -2.48. The topological polar surface area (TPSA) is 82.1 Å². The molecule has 7 heteroatoms. The average molecular weight is 473 g/mol. The van der Waals surface area contributed by atoms with Crippen molar-refractivity contribution in [3.8, 4) is 0 Å². The molecular formula is C26H36O6Si. The van der Waals surface area contributed by atoms with Crippen LogP contribution in [-0.2, 0) is 30.1 Å². The molecule has 0 amide bonds. The lowest BCUT2D eigenvalue weighted by Crippen LogP contribution is -2.44. The molecule has 0 heterocycles. The lowest BCUT2D eigenvalue weighted by Gasteiger charge is -2.39. The van der Waals surface area contributed by atoms with Crippen molar-refractivity contribution >= 4 is 20.3 Å². The van der Waals surface area contributed by atoms with Gasteiger partial charge in [0.25, 0.3) is 0 Å². The van der Waals surface area contributed by atoms with Crippen LogP contribution in [0.25, 0.3) is 0 Å². The number of hydrogen-bond donors (Lipinski definition) is 1. The predicted molar refractivity (Wildman–Crippen MR) is 130 cm³/mol. The van der Waals surface area contributed by atoms with E-state index in [0.29, 0.717) is 12.0 Å². The normalized spacial score (nSPS) is 13.8. The molecular weight excluding hydrogens is 436 g/mol. The molecule has 0 saturated carbocycles. The zero-order valence-corrected chi connectivity index (χ0v) is 21.2. The zero-order chi connectivity index (χ0) is 24.5. The van der Waals surface area contributed by atoms with Gasteiger partial charge in [0.15, 0.2) is 14.4 Å². The summed E-state index contributed by atoms with van der Waals surface area (Å²) >= 11 is 0. The van der Waals surface area contributed by atoms with Gasteiger partial charge >= 0.3 is 11.9 Å². The largest absolute Gasteiger partial charge is 0.481 e. The third-order valence-electron chi connectivity index (χ3n) is 5.93. The van der Waals surface area contributed by atoms with Crippen molar-refractivity contribution in [2.75, 3.05) is 6.61 Å². The van der Waals surface area contributed by atoms with E-state index in [9.17, 15) is 14.7 Å². The second-order valence-electron chi connectivity index (χ2n) is 9.64. The number of carboxylic acid groups (broad SMARTS) is 1. The first-order valence-corrected chi connectivity index (χ1v) is 14.2. The Morgan fingerprint density at radius 3 is 2.09 bits per heavy atom. The summed E-state index contributed by atoms with van der Waals surface area (Å²) in [4.78, 5) is 24.3. The Bertz CT molecular complexity index is 877. The van der Waals surface area contributed by atoms with Crippen molar-refractivity contribution in [3.63, 3.8) is 0 Å². The monoisotopic (exact) mass is 472 g/mol. The molecule has 6 nitrogen and oxygen atoms in total. The molecule has 2 aromatic carbocycles. The highest BCUT2D eigenvalue weighted by molar-refractivity contribution is 6.74. The quantitative estimate of drug-likeness (QED) is 0.313. The fraction of sp³-hybridized carbons (Fsp3) is 0.462. The summed E-state index contributed by atoms with van der Waals surface area (Å²) < 4.78 is 17.8. The third-order valence-corrected chi connectivity index (χ3v) is 10.5. The van der Waals surface area contributed by atoms with Gasteiger partial charge in [-0.3, -0.25) is 4.79 Å². The summed E-state index contributed by atoms with van der Waals surface area (Å²) in [6.07, 6.45) is -1.12. The average Bonchev–Trinajstić information content (AvgIpc) is 2.75. The van der Waals surface area contributed by atoms with Crippen LogP contribution in [0, 0.1) is 0 Å². The van der Waals surface area contributed by atoms with Gasteiger partial charge in [-0.2, -0.15) is 0 Å². The standard InChI is InChI=1S/C26H36O6Si/c1-26(2,3)33(4,5)32-22(18-23(27)28)16-17-30-24(21-14-10-7-11-15-21)25(29)31-19-20-12-8-6-9-13-20/h6-15,22,24H,16-19H2,1-5H3,(H,27,28)/t22-,24+/m1/s1. The van der Waals surface area contributed by atoms with Crippen LogP contribution in [0.2, 0.25) is 18.1 Å². The van der Waals surface area contributed by atoms with Gasteiger partial charge in [-0.1, -0.05) is 81.4 Å². The Labute approximate surface area is 198 Å². The van der Waals surface area contributed by atoms with E-state index in [4.69, 9.17) is 13.9 Å². The number of hydrogen-bond acceptors (Lipinski definition) is 5. The number of carbonyl (C=O) groups excluding carboxylic acids is 1. The minimum atomic E-state index is -2.16. The first kappa shape index (κ1) is 26.8. The van der Waals surface area contributed by atoms with Crippen LogP contribution in [0.3, 0.4) is 0 Å². The molecule has 0 unspecified atom stereocenters. The number of carboxylic acids is 1. The minimum absolute atomic E-state index is 0.0432. The lowest BCUT2D eigenvalue weighted by molar-refractivity contribution is -0.160. The number of benzene rings is 2. The number of ether oxygens (including phenoxy) is 2. The molecule has 0 radical (unpaired) electrons. The fourth-order valence-corrected chi connectivity index (χ4v) is 4.43. The molecule has 0 aliphatic carbocycles. The van der Waals surface area contributed by atoms with Crippen molar-refractivity contribution in [1.29, 1.82) is 0 Å². The molecule has 1 N–H and O–H groups in total. The first-order valence-electron chi connectivity index (χ1n) is 11.3. The lowest BCUT2D eigenvalue weighted by atomic mass is 10.1. The molecule has 2 atom stereocenters. The minimum Gasteiger partial charge on any atom is -0.481 e. The fourth-order valence-electron chi connectivity index (χ4n) is 3.04. The highest BCUT2D eigenvalue weighted by atomic mass is 28.4. The van der Waals surface area contributed by atoms with Crippen LogP contribution < -0.4 is 0 Å². The van der Waals surface area contributed by atoms with Gasteiger partial charge < -0.3 is 19.0 Å². The second kappa shape index (κ2) is 12.1. The maximum Gasteiger partial charge on any atom is 0.340 e. The van der Waals surface area contributed by atoms with Crippen molar-refractivity contribution < 1.29 is 28.6 Å². The first-order chi connectivity index (χ1) is 15.5. The van der Waals surface area contributed by atoms with Gasteiger partial charge in [-0.25, -0.2) is 4.79 Å². The van der Waals surface area contributed by atoms with E-state index < -0.39 is 32.5 Å². The highest BCUT2D eigenvalue weighted by Gasteiger charge is 2.39. The summed E-state index contributed by atoms with van der Waals surface area (Å²) in [5.74, 6) is -1.40. The summed E-state index contributed by atoms with van der Waals surface area (Å²) in [5, 5.41) is 9.31. The second-order valence-corrected chi connectivity index (χ2v) is 14.4. The van der Waals surface area contributed by atoms with Crippen molar-refractivity contribution in [1.82, 2.24) is 0 Å². The highest BCUT2D eigenvalue weighted by Crippen LogP contribution is 2.38. The number of rotatable bonds is 12. The van der Waals surface area contributed by atoms with Gasteiger partial charge in [0.2, 0.25) is 0 Å². The summed E-state index contributed by atoms with van der Waals surface area (Å²) in [5.41, 5.74) is 1.58. The van der Waals surface area contributed by atoms with E-state index in [2.05, 4.69) is 33.9 Å². The Morgan fingerprint density at radius 1 is 0.970 bits per heavy atom. The smallest absolute Gasteiger partial charge is 0.340 e. The van der Waals surface area contributed by atoms with Gasteiger partial charge in [0, 0.05) is 0 Å². The molecule has 0 bridgehead atoms. The van der Waals surface area contributed by atoms with Crippen molar-refractivity contribution in [2.45, 2.75) is 70.6 Å². The van der Waals surface area contributed by atoms with Crippen LogP contribution in [-0.4, -0.2) is 38.1 Å². The SMILES string of the molecule is CC(C)(C)[Si](C)(C)O[C@H](CCO[C@H](C(=O)OCc1ccccc1)c1ccccc1)CC(=O)O. The summed E-state index contributed by atoms with van der Waals surface area (Å²) in [6.45, 7) is 10.9. The van der Waals surface area contributed by atoms with Crippen LogP contribution in [0.4, 0.5) is 0 Å². The zero-order valence-electron chi connectivity index (χ0n) is 20.2. The molecule has 0 aromatic heterocycles. The Balaban J connectivity index is 2.05. The van der Waals surface area contributed by atoms with Gasteiger partial charge in [0.1, 0.15) is 6.61 Å². The van der Waals surface area contributed by atoms with Crippen LogP contribution in [0.1, 0.15) is 50.8 Å². The molecule has 0 saturated heterocycles. The van der Waals surface area contributed by atoms with E-state index in [1.165, 1.54) is 0 Å². The molecule has 0 spiro atoms. The molecule has 0 aliphatic heterocycles. The number of carbonyl (C=O) groups is 2. The van der Waals surface area contributed by atoms with E-state index in [-0.39, 0.29) is 24.7 Å². The molecule has 2 rings (SSSR count). The summed E-state index contributed by atoms with van der Waals surface area (Å²) in [7, 11) is -2.16. The third kappa shape index (κ3) is 8.76. The van der Waals surface area contributed by atoms with Gasteiger partial charge in [-0.15, -0.1) is 0 Å². The molecule has 33 heavy (non-hydrogen) atoms. The maximum atomic E-state index is 12.9. The van der Waals surface area contributed by atoms with Crippen LogP contribution in [0.5, 0.6) is 0 Å².